The monoisotopic (exact) mass is 390 g/mol. The van der Waals surface area contributed by atoms with E-state index in [1.807, 2.05) is 31.1 Å². The molecule has 0 spiro atoms. The molecule has 6 heteroatoms. The minimum Gasteiger partial charge on any atom is -0.378 e. The molecule has 0 fully saturated rings. The number of benzene rings is 2. The second kappa shape index (κ2) is 6.36. The lowest BCUT2D eigenvalue weighted by Gasteiger charge is -2.30. The van der Waals surface area contributed by atoms with Gasteiger partial charge in [-0.05, 0) is 58.2 Å². The highest BCUT2D eigenvalue weighted by atomic mass is 79.9. The van der Waals surface area contributed by atoms with E-state index in [2.05, 4.69) is 15.9 Å². The van der Waals surface area contributed by atoms with Gasteiger partial charge in [-0.15, -0.1) is 0 Å². The van der Waals surface area contributed by atoms with E-state index in [0.29, 0.717) is 35.0 Å². The maximum atomic E-state index is 13.8. The van der Waals surface area contributed by atoms with Gasteiger partial charge in [0.1, 0.15) is 5.82 Å². The molecule has 2 aromatic carbocycles. The van der Waals surface area contributed by atoms with E-state index in [1.165, 1.54) is 17.0 Å². The summed E-state index contributed by atoms with van der Waals surface area (Å²) in [7, 11) is 3.89. The van der Waals surface area contributed by atoms with Crippen molar-refractivity contribution in [2.24, 2.45) is 0 Å². The third kappa shape index (κ3) is 2.82. The van der Waals surface area contributed by atoms with Crippen LogP contribution in [0.4, 0.5) is 15.8 Å². The van der Waals surface area contributed by atoms with E-state index >= 15 is 0 Å². The van der Waals surface area contributed by atoms with Crippen LogP contribution in [-0.2, 0) is 6.42 Å². The second-order valence-corrected chi connectivity index (χ2v) is 6.74. The number of hydrogen-bond acceptors (Lipinski definition) is 3. The van der Waals surface area contributed by atoms with Crippen LogP contribution in [0.1, 0.15) is 26.3 Å². The molecule has 1 heterocycles. The fourth-order valence-corrected chi connectivity index (χ4v) is 3.41. The van der Waals surface area contributed by atoms with Crippen LogP contribution in [0.5, 0.6) is 0 Å². The minimum absolute atomic E-state index is 0.220. The summed E-state index contributed by atoms with van der Waals surface area (Å²) >= 11 is 3.19. The van der Waals surface area contributed by atoms with Gasteiger partial charge in [0.05, 0.1) is 11.3 Å². The standard InChI is InChI=1S/C18H16BrFN2O2/c1-21(2)13-3-4-14-11(7-13)5-6-22(18(14)24)17-9-12(20)8-16(19)15(17)10-23/h3-4,7-10H,5-6H2,1-2H3. The Morgan fingerprint density at radius 1 is 1.25 bits per heavy atom. The fraction of sp³-hybridized carbons (Fsp3) is 0.222. The first-order valence-corrected chi connectivity index (χ1v) is 8.28. The quantitative estimate of drug-likeness (QED) is 0.750. The molecule has 0 saturated carbocycles. The van der Waals surface area contributed by atoms with E-state index < -0.39 is 5.82 Å². The molecule has 0 aliphatic carbocycles. The number of anilines is 2. The molecule has 0 aromatic heterocycles. The predicted molar refractivity (Wildman–Crippen MR) is 95.6 cm³/mol. The zero-order valence-corrected chi connectivity index (χ0v) is 14.9. The average Bonchev–Trinajstić information content (AvgIpc) is 2.54. The Labute approximate surface area is 148 Å². The normalized spacial score (nSPS) is 13.7. The van der Waals surface area contributed by atoms with E-state index in [4.69, 9.17) is 0 Å². The lowest BCUT2D eigenvalue weighted by atomic mass is 9.97. The van der Waals surface area contributed by atoms with Crippen molar-refractivity contribution in [1.82, 2.24) is 0 Å². The summed E-state index contributed by atoms with van der Waals surface area (Å²) in [4.78, 5) is 27.7. The number of halogens is 2. The van der Waals surface area contributed by atoms with Crippen molar-refractivity contribution in [3.05, 3.63) is 57.3 Å². The van der Waals surface area contributed by atoms with Crippen molar-refractivity contribution in [1.29, 1.82) is 0 Å². The molecular weight excluding hydrogens is 375 g/mol. The summed E-state index contributed by atoms with van der Waals surface area (Å²) in [5.41, 5.74) is 3.15. The number of fused-ring (bicyclic) bond motifs is 1. The highest BCUT2D eigenvalue weighted by Gasteiger charge is 2.28. The molecule has 1 aliphatic heterocycles. The molecule has 0 unspecified atom stereocenters. The zero-order valence-electron chi connectivity index (χ0n) is 13.3. The van der Waals surface area contributed by atoms with Gasteiger partial charge >= 0.3 is 0 Å². The number of nitrogens with zero attached hydrogens (tertiary/aromatic N) is 2. The van der Waals surface area contributed by atoms with Gasteiger partial charge in [-0.1, -0.05) is 0 Å². The van der Waals surface area contributed by atoms with E-state index in [1.54, 1.807) is 6.07 Å². The Hall–Kier alpha value is -2.21. The van der Waals surface area contributed by atoms with Crippen molar-refractivity contribution >= 4 is 39.5 Å². The minimum atomic E-state index is -0.496. The van der Waals surface area contributed by atoms with E-state index in [0.717, 1.165) is 11.3 Å². The molecule has 24 heavy (non-hydrogen) atoms. The maximum Gasteiger partial charge on any atom is 0.258 e. The van der Waals surface area contributed by atoms with E-state index in [-0.39, 0.29) is 11.5 Å². The summed E-state index contributed by atoms with van der Waals surface area (Å²) < 4.78 is 14.1. The molecular formula is C18H16BrFN2O2. The van der Waals surface area contributed by atoms with Gasteiger partial charge < -0.3 is 9.80 Å². The van der Waals surface area contributed by atoms with Crippen molar-refractivity contribution < 1.29 is 14.0 Å². The Morgan fingerprint density at radius 3 is 2.67 bits per heavy atom. The average molecular weight is 391 g/mol. The number of carbonyl (C=O) groups is 2. The van der Waals surface area contributed by atoms with Crippen LogP contribution in [0.15, 0.2) is 34.8 Å². The SMILES string of the molecule is CN(C)c1ccc2c(c1)CCN(c1cc(F)cc(Br)c1C=O)C2=O. The van der Waals surface area contributed by atoms with Gasteiger partial charge in [-0.25, -0.2) is 4.39 Å². The van der Waals surface area contributed by atoms with Gasteiger partial charge in [0, 0.05) is 36.4 Å². The van der Waals surface area contributed by atoms with Crippen LogP contribution < -0.4 is 9.80 Å². The number of hydrogen-bond donors (Lipinski definition) is 0. The van der Waals surface area contributed by atoms with Crippen molar-refractivity contribution in [2.45, 2.75) is 6.42 Å². The number of amides is 1. The van der Waals surface area contributed by atoms with E-state index in [9.17, 15) is 14.0 Å². The Bertz CT molecular complexity index is 836. The first-order valence-electron chi connectivity index (χ1n) is 7.48. The van der Waals surface area contributed by atoms with Crippen molar-refractivity contribution in [2.75, 3.05) is 30.4 Å². The van der Waals surface area contributed by atoms with Crippen LogP contribution in [0.3, 0.4) is 0 Å². The largest absolute Gasteiger partial charge is 0.378 e. The topological polar surface area (TPSA) is 40.6 Å². The number of rotatable bonds is 3. The smallest absolute Gasteiger partial charge is 0.258 e. The van der Waals surface area contributed by atoms with Crippen LogP contribution >= 0.6 is 15.9 Å². The van der Waals surface area contributed by atoms with Crippen LogP contribution in [0.25, 0.3) is 0 Å². The zero-order chi connectivity index (χ0) is 17.4. The summed E-state index contributed by atoms with van der Waals surface area (Å²) in [6.07, 6.45) is 1.28. The second-order valence-electron chi connectivity index (χ2n) is 5.88. The van der Waals surface area contributed by atoms with Gasteiger partial charge in [0.2, 0.25) is 0 Å². The predicted octanol–water partition coefficient (Wildman–Crippen LogP) is 3.67. The first-order chi connectivity index (χ1) is 11.4. The molecule has 0 bridgehead atoms. The number of aldehydes is 1. The molecule has 4 nitrogen and oxygen atoms in total. The lowest BCUT2D eigenvalue weighted by Crippen LogP contribution is -2.38. The third-order valence-electron chi connectivity index (χ3n) is 4.17. The molecule has 0 saturated heterocycles. The van der Waals surface area contributed by atoms with Crippen molar-refractivity contribution in [3.8, 4) is 0 Å². The fourth-order valence-electron chi connectivity index (χ4n) is 2.89. The van der Waals surface area contributed by atoms with Gasteiger partial charge in [0.25, 0.3) is 5.91 Å². The molecule has 0 radical (unpaired) electrons. The van der Waals surface area contributed by atoms with Crippen molar-refractivity contribution in [3.63, 3.8) is 0 Å². The molecule has 2 aromatic rings. The third-order valence-corrected chi connectivity index (χ3v) is 4.82. The lowest BCUT2D eigenvalue weighted by molar-refractivity contribution is 0.0980. The van der Waals surface area contributed by atoms with Gasteiger partial charge in [-0.2, -0.15) is 0 Å². The summed E-state index contributed by atoms with van der Waals surface area (Å²) in [6, 6.07) is 8.10. The Morgan fingerprint density at radius 2 is 2.00 bits per heavy atom. The molecule has 0 atom stereocenters. The highest BCUT2D eigenvalue weighted by molar-refractivity contribution is 9.10. The molecule has 0 N–H and O–H groups in total. The Balaban J connectivity index is 2.05. The molecule has 1 amide bonds. The maximum absolute atomic E-state index is 13.8. The van der Waals surface area contributed by atoms with Crippen LogP contribution in [-0.4, -0.2) is 32.8 Å². The summed E-state index contributed by atoms with van der Waals surface area (Å²) in [5.74, 6) is -0.716. The molecule has 3 rings (SSSR count). The summed E-state index contributed by atoms with van der Waals surface area (Å²) in [6.45, 7) is 0.402. The van der Waals surface area contributed by atoms with Gasteiger partial charge in [0.15, 0.2) is 6.29 Å². The first kappa shape index (κ1) is 16.6. The highest BCUT2D eigenvalue weighted by Crippen LogP contribution is 2.32. The number of carbonyl (C=O) groups excluding carboxylic acids is 2. The summed E-state index contributed by atoms with van der Waals surface area (Å²) in [5, 5.41) is 0. The van der Waals surface area contributed by atoms with Crippen LogP contribution in [0.2, 0.25) is 0 Å². The Kier molecular flexibility index (Phi) is 4.41. The molecule has 124 valence electrons. The van der Waals surface area contributed by atoms with Crippen LogP contribution in [0, 0.1) is 5.82 Å². The van der Waals surface area contributed by atoms with Gasteiger partial charge in [-0.3, -0.25) is 9.59 Å². The molecule has 1 aliphatic rings.